The van der Waals surface area contributed by atoms with Gasteiger partial charge in [0.1, 0.15) is 6.61 Å². The van der Waals surface area contributed by atoms with E-state index in [4.69, 9.17) is 20.5 Å². The number of halogens is 3. The quantitative estimate of drug-likeness (QED) is 0.287. The van der Waals surface area contributed by atoms with Gasteiger partial charge in [0.15, 0.2) is 11.5 Å². The predicted molar refractivity (Wildman–Crippen MR) is 144 cm³/mol. The number of hydrogen-bond acceptors (Lipinski definition) is 8. The lowest BCUT2D eigenvalue weighted by Crippen LogP contribution is -2.51. The number of methoxy groups -OCH3 is 1. The average molecular weight is 573 g/mol. The van der Waals surface area contributed by atoms with Crippen molar-refractivity contribution in [3.8, 4) is 28.8 Å². The van der Waals surface area contributed by atoms with Crippen molar-refractivity contribution in [2.45, 2.75) is 44.2 Å². The summed E-state index contributed by atoms with van der Waals surface area (Å²) >= 11 is 0. The van der Waals surface area contributed by atoms with Gasteiger partial charge < -0.3 is 30.7 Å². The smallest absolute Gasteiger partial charge is 0.424 e. The minimum absolute atomic E-state index is 0.0450. The highest BCUT2D eigenvalue weighted by atomic mass is 19.4. The third-order valence-electron chi connectivity index (χ3n) is 6.18. The fourth-order valence-electron chi connectivity index (χ4n) is 3.76. The molecule has 3 aromatic rings. The molecule has 0 saturated heterocycles. The van der Waals surface area contributed by atoms with Gasteiger partial charge in [0.05, 0.1) is 42.8 Å². The predicted octanol–water partition coefficient (Wildman–Crippen LogP) is 3.76. The normalized spacial score (nSPS) is 14.0. The van der Waals surface area contributed by atoms with Crippen molar-refractivity contribution in [1.29, 1.82) is 5.26 Å². The lowest BCUT2D eigenvalue weighted by Gasteiger charge is -2.32. The van der Waals surface area contributed by atoms with Gasteiger partial charge in [0.2, 0.25) is 5.60 Å². The Hall–Kier alpha value is -4.18. The van der Waals surface area contributed by atoms with Gasteiger partial charge >= 0.3 is 6.18 Å². The fraction of sp³-hybridized carbons (Fsp3) is 0.345. The summed E-state index contributed by atoms with van der Waals surface area (Å²) < 4.78 is 54.0. The molecule has 0 radical (unpaired) electrons. The number of hydrogen-bond donors (Lipinski definition) is 4. The number of amides is 1. The summed E-state index contributed by atoms with van der Waals surface area (Å²) in [5, 5.41) is 31.7. The first-order valence-corrected chi connectivity index (χ1v) is 12.5. The standard InChI is InChI=1S/C29H31F3N4O5/c1-17(37)15-41-23-10-9-20(11-24(23)40-4)26(38)35-16-28(39,29(30,31)32)25-13-21(27(2,3)34)12-22(36-25)19-7-5-18(14-33)6-8-19/h5-13,17,37,39H,15-16,34H2,1-4H3,(H,35,38)/t17-,28?/m1/s1. The number of benzene rings is 2. The summed E-state index contributed by atoms with van der Waals surface area (Å²) in [5.41, 5.74) is 1.78. The van der Waals surface area contributed by atoms with Crippen LogP contribution < -0.4 is 20.5 Å². The molecule has 2 aromatic carbocycles. The largest absolute Gasteiger partial charge is 0.493 e. The van der Waals surface area contributed by atoms with Crippen LogP contribution in [0.1, 0.15) is 48.0 Å². The van der Waals surface area contributed by atoms with Crippen LogP contribution in [0.15, 0.2) is 54.6 Å². The van der Waals surface area contributed by atoms with Crippen molar-refractivity contribution in [1.82, 2.24) is 10.3 Å². The van der Waals surface area contributed by atoms with Gasteiger partial charge in [-0.3, -0.25) is 4.79 Å². The second-order valence-electron chi connectivity index (χ2n) is 10.1. The molecule has 1 unspecified atom stereocenters. The van der Waals surface area contributed by atoms with Crippen LogP contribution in [0.5, 0.6) is 11.5 Å². The summed E-state index contributed by atoms with van der Waals surface area (Å²) in [7, 11) is 1.32. The number of ether oxygens (including phenoxy) is 2. The Bertz CT molecular complexity index is 1430. The van der Waals surface area contributed by atoms with Gasteiger partial charge in [-0.25, -0.2) is 4.98 Å². The van der Waals surface area contributed by atoms with E-state index >= 15 is 0 Å². The second-order valence-corrected chi connectivity index (χ2v) is 10.1. The van der Waals surface area contributed by atoms with Gasteiger partial charge in [-0.1, -0.05) is 12.1 Å². The number of aliphatic hydroxyl groups excluding tert-OH is 1. The lowest BCUT2D eigenvalue weighted by molar-refractivity contribution is -0.265. The average Bonchev–Trinajstić information content (AvgIpc) is 2.93. The summed E-state index contributed by atoms with van der Waals surface area (Å²) in [4.78, 5) is 17.0. The molecule has 218 valence electrons. The molecule has 9 nitrogen and oxygen atoms in total. The van der Waals surface area contributed by atoms with Crippen molar-refractivity contribution in [2.24, 2.45) is 5.73 Å². The van der Waals surface area contributed by atoms with Crippen molar-refractivity contribution >= 4 is 5.91 Å². The number of nitrogens with two attached hydrogens (primary N) is 1. The molecule has 1 aromatic heterocycles. The molecule has 1 heterocycles. The van der Waals surface area contributed by atoms with Crippen molar-refractivity contribution in [3.05, 3.63) is 77.0 Å². The van der Waals surface area contributed by atoms with Crippen LogP contribution in [-0.4, -0.2) is 53.6 Å². The molecule has 0 spiro atoms. The topological polar surface area (TPSA) is 151 Å². The Morgan fingerprint density at radius 2 is 1.78 bits per heavy atom. The molecule has 2 atom stereocenters. The van der Waals surface area contributed by atoms with Gasteiger partial charge in [-0.05, 0) is 68.8 Å². The van der Waals surface area contributed by atoms with E-state index in [-0.39, 0.29) is 34.9 Å². The number of nitrogens with one attached hydrogen (secondary N) is 1. The monoisotopic (exact) mass is 572 g/mol. The molecule has 1 amide bonds. The summed E-state index contributed by atoms with van der Waals surface area (Å²) in [6, 6.07) is 14.5. The van der Waals surface area contributed by atoms with Gasteiger partial charge in [0, 0.05) is 16.7 Å². The number of carbonyl (C=O) groups is 1. The Morgan fingerprint density at radius 3 is 2.32 bits per heavy atom. The van der Waals surface area contributed by atoms with Crippen molar-refractivity contribution in [2.75, 3.05) is 20.3 Å². The van der Waals surface area contributed by atoms with E-state index in [1.165, 1.54) is 62.6 Å². The van der Waals surface area contributed by atoms with E-state index in [1.54, 1.807) is 13.8 Å². The summed E-state index contributed by atoms with van der Waals surface area (Å²) in [6.07, 6.45) is -6.01. The molecule has 0 fully saturated rings. The highest BCUT2D eigenvalue weighted by Gasteiger charge is 2.56. The molecule has 0 bridgehead atoms. The highest BCUT2D eigenvalue weighted by Crippen LogP contribution is 2.40. The van der Waals surface area contributed by atoms with Crippen LogP contribution in [0.4, 0.5) is 13.2 Å². The van der Waals surface area contributed by atoms with Crippen molar-refractivity contribution < 1.29 is 37.7 Å². The van der Waals surface area contributed by atoms with Gasteiger partial charge in [-0.15, -0.1) is 0 Å². The first-order chi connectivity index (χ1) is 19.1. The van der Waals surface area contributed by atoms with E-state index in [9.17, 15) is 28.2 Å². The van der Waals surface area contributed by atoms with Crippen LogP contribution >= 0.6 is 0 Å². The van der Waals surface area contributed by atoms with Gasteiger partial charge in [0.25, 0.3) is 5.91 Å². The fourth-order valence-corrected chi connectivity index (χ4v) is 3.76. The molecule has 41 heavy (non-hydrogen) atoms. The maximum absolute atomic E-state index is 14.5. The number of alkyl halides is 3. The zero-order valence-electron chi connectivity index (χ0n) is 22.9. The molecule has 0 aliphatic rings. The number of nitrogens with zero attached hydrogens (tertiary/aromatic N) is 2. The van der Waals surface area contributed by atoms with E-state index in [0.717, 1.165) is 6.07 Å². The Labute approximate surface area is 235 Å². The van der Waals surface area contributed by atoms with E-state index < -0.39 is 41.6 Å². The SMILES string of the molecule is COc1cc(C(=O)NCC(O)(c2cc(C(C)(C)N)cc(-c3ccc(C#N)cc3)n2)C(F)(F)F)ccc1OC[C@@H](C)O. The minimum atomic E-state index is -5.25. The number of nitriles is 1. The van der Waals surface area contributed by atoms with E-state index in [0.29, 0.717) is 11.1 Å². The lowest BCUT2D eigenvalue weighted by atomic mass is 9.89. The van der Waals surface area contributed by atoms with Crippen LogP contribution in [-0.2, 0) is 11.1 Å². The van der Waals surface area contributed by atoms with E-state index in [2.05, 4.69) is 10.3 Å². The van der Waals surface area contributed by atoms with Crippen LogP contribution in [0, 0.1) is 11.3 Å². The molecule has 0 saturated carbocycles. The third-order valence-corrected chi connectivity index (χ3v) is 6.18. The van der Waals surface area contributed by atoms with Crippen molar-refractivity contribution in [3.63, 3.8) is 0 Å². The molecular weight excluding hydrogens is 541 g/mol. The maximum atomic E-state index is 14.5. The van der Waals surface area contributed by atoms with Gasteiger partial charge in [-0.2, -0.15) is 18.4 Å². The molecule has 3 rings (SSSR count). The van der Waals surface area contributed by atoms with Crippen LogP contribution in [0.2, 0.25) is 0 Å². The minimum Gasteiger partial charge on any atom is -0.493 e. The first kappa shape index (κ1) is 31.3. The Kier molecular flexibility index (Phi) is 9.28. The zero-order chi connectivity index (χ0) is 30.6. The number of aliphatic hydroxyl groups is 2. The number of pyridine rings is 1. The highest BCUT2D eigenvalue weighted by molar-refractivity contribution is 5.95. The molecule has 0 aliphatic heterocycles. The summed E-state index contributed by atoms with van der Waals surface area (Å²) in [5.74, 6) is -0.579. The van der Waals surface area contributed by atoms with Crippen LogP contribution in [0.25, 0.3) is 11.3 Å². The molecular formula is C29H31F3N4O5. The third kappa shape index (κ3) is 7.32. The van der Waals surface area contributed by atoms with Crippen LogP contribution in [0.3, 0.4) is 0 Å². The Balaban J connectivity index is 1.99. The number of rotatable bonds is 10. The second kappa shape index (κ2) is 12.1. The molecule has 0 aliphatic carbocycles. The molecule has 5 N–H and O–H groups in total. The number of carbonyl (C=O) groups excluding carboxylic acids is 1. The molecule has 12 heteroatoms. The first-order valence-electron chi connectivity index (χ1n) is 12.5. The Morgan fingerprint density at radius 1 is 1.12 bits per heavy atom. The zero-order valence-corrected chi connectivity index (χ0v) is 22.9. The summed E-state index contributed by atoms with van der Waals surface area (Å²) in [6.45, 7) is 3.39. The number of aromatic nitrogens is 1. The van der Waals surface area contributed by atoms with E-state index in [1.807, 2.05) is 6.07 Å². The maximum Gasteiger partial charge on any atom is 0.424 e.